The number of carbonyl (C=O) groups is 1. The Bertz CT molecular complexity index is 750. The van der Waals surface area contributed by atoms with E-state index in [2.05, 4.69) is 21.2 Å². The minimum atomic E-state index is -0.970. The Kier molecular flexibility index (Phi) is 8.02. The number of hydrogen-bond acceptors (Lipinski definition) is 5. The topological polar surface area (TPSA) is 88.0 Å². The van der Waals surface area contributed by atoms with Gasteiger partial charge in [0.15, 0.2) is 17.7 Å². The van der Waals surface area contributed by atoms with E-state index in [1.807, 2.05) is 0 Å². The van der Waals surface area contributed by atoms with Crippen LogP contribution in [0.1, 0.15) is 25.0 Å². The van der Waals surface area contributed by atoms with Crippen LogP contribution in [0.2, 0.25) is 0 Å². The summed E-state index contributed by atoms with van der Waals surface area (Å²) in [6, 6.07) is 10.6. The van der Waals surface area contributed by atoms with Crippen molar-refractivity contribution in [3.8, 4) is 5.75 Å². The van der Waals surface area contributed by atoms with Crippen LogP contribution in [0.25, 0.3) is 0 Å². The molecule has 146 valence electrons. The number of ether oxygens (including phenoxy) is 2. The highest BCUT2D eigenvalue weighted by Gasteiger charge is 2.28. The van der Waals surface area contributed by atoms with Crippen LogP contribution in [-0.4, -0.2) is 35.6 Å². The Hall–Kier alpha value is -2.16. The van der Waals surface area contributed by atoms with E-state index in [4.69, 9.17) is 9.47 Å². The fourth-order valence-electron chi connectivity index (χ4n) is 2.52. The number of phenols is 1. The van der Waals surface area contributed by atoms with Gasteiger partial charge in [-0.05, 0) is 48.9 Å². The molecular weight excluding hydrogens is 421 g/mol. The van der Waals surface area contributed by atoms with Crippen molar-refractivity contribution in [3.05, 3.63) is 58.3 Å². The Morgan fingerprint density at radius 3 is 2.56 bits per heavy atom. The molecule has 0 aliphatic rings. The Balaban J connectivity index is 2.23. The lowest BCUT2D eigenvalue weighted by Crippen LogP contribution is -2.29. The first-order valence-electron chi connectivity index (χ1n) is 8.38. The maximum Gasteiger partial charge on any atom is 0.412 e. The van der Waals surface area contributed by atoms with Gasteiger partial charge in [-0.25, -0.2) is 9.18 Å². The van der Waals surface area contributed by atoms with Crippen LogP contribution in [0.15, 0.2) is 46.9 Å². The van der Waals surface area contributed by atoms with Crippen molar-refractivity contribution in [2.45, 2.75) is 25.6 Å². The van der Waals surface area contributed by atoms with E-state index in [0.717, 1.165) is 10.5 Å². The lowest BCUT2D eigenvalue weighted by molar-refractivity contribution is -0.0485. The van der Waals surface area contributed by atoms with Crippen molar-refractivity contribution in [2.24, 2.45) is 0 Å². The van der Waals surface area contributed by atoms with Gasteiger partial charge in [0.1, 0.15) is 6.10 Å². The van der Waals surface area contributed by atoms with Gasteiger partial charge >= 0.3 is 6.09 Å². The normalized spacial score (nSPS) is 13.0. The molecule has 27 heavy (non-hydrogen) atoms. The summed E-state index contributed by atoms with van der Waals surface area (Å²) in [5, 5.41) is 21.3. The highest BCUT2D eigenvalue weighted by Crippen LogP contribution is 2.29. The average Bonchev–Trinajstić information content (AvgIpc) is 2.64. The van der Waals surface area contributed by atoms with Crippen molar-refractivity contribution >= 4 is 27.7 Å². The van der Waals surface area contributed by atoms with Crippen LogP contribution >= 0.6 is 15.9 Å². The number of anilines is 1. The molecule has 6 nitrogen and oxygen atoms in total. The quantitative estimate of drug-likeness (QED) is 0.565. The number of amides is 1. The average molecular weight is 442 g/mol. The number of aromatic hydroxyl groups is 1. The molecule has 0 bridgehead atoms. The Morgan fingerprint density at radius 1 is 1.26 bits per heavy atom. The number of halogens is 2. The van der Waals surface area contributed by atoms with Crippen molar-refractivity contribution in [2.75, 3.05) is 18.5 Å². The second kappa shape index (κ2) is 10.2. The molecule has 2 aromatic rings. The standard InChI is InChI=1S/C19H21BrFNO5/c1-2-26-17(9-10-23)18(12-3-8-16(24)15(21)11-12)27-19(25)22-14-6-4-13(20)5-7-14/h3-8,11,17-18,23-24H,2,9-10H2,1H3,(H,22,25)/t17-,18-/m1/s1. The summed E-state index contributed by atoms with van der Waals surface area (Å²) in [7, 11) is 0. The molecule has 3 N–H and O–H groups in total. The van der Waals surface area contributed by atoms with Crippen LogP contribution in [0.3, 0.4) is 0 Å². The monoisotopic (exact) mass is 441 g/mol. The highest BCUT2D eigenvalue weighted by atomic mass is 79.9. The van der Waals surface area contributed by atoms with Crippen molar-refractivity contribution in [3.63, 3.8) is 0 Å². The number of nitrogens with one attached hydrogen (secondary N) is 1. The molecule has 2 rings (SSSR count). The summed E-state index contributed by atoms with van der Waals surface area (Å²) in [5.41, 5.74) is 0.831. The zero-order chi connectivity index (χ0) is 19.8. The summed E-state index contributed by atoms with van der Waals surface area (Å²) in [4.78, 5) is 12.3. The van der Waals surface area contributed by atoms with Crippen molar-refractivity contribution < 1.29 is 28.9 Å². The van der Waals surface area contributed by atoms with Crippen molar-refractivity contribution in [1.82, 2.24) is 0 Å². The zero-order valence-electron chi connectivity index (χ0n) is 14.7. The smallest absolute Gasteiger partial charge is 0.412 e. The summed E-state index contributed by atoms with van der Waals surface area (Å²) in [5.74, 6) is -1.35. The number of benzene rings is 2. The molecule has 0 heterocycles. The van der Waals surface area contributed by atoms with E-state index < -0.39 is 29.9 Å². The lowest BCUT2D eigenvalue weighted by atomic mass is 10.0. The van der Waals surface area contributed by atoms with E-state index in [-0.39, 0.29) is 13.0 Å². The first-order valence-corrected chi connectivity index (χ1v) is 9.18. The van der Waals surface area contributed by atoms with Crippen LogP contribution < -0.4 is 5.32 Å². The summed E-state index contributed by atoms with van der Waals surface area (Å²) < 4.78 is 25.7. The van der Waals surface area contributed by atoms with E-state index in [1.54, 1.807) is 31.2 Å². The Labute approximate surface area is 165 Å². The first-order chi connectivity index (χ1) is 12.9. The fourth-order valence-corrected chi connectivity index (χ4v) is 2.78. The molecule has 0 saturated carbocycles. The molecule has 0 fully saturated rings. The highest BCUT2D eigenvalue weighted by molar-refractivity contribution is 9.10. The van der Waals surface area contributed by atoms with Crippen LogP contribution in [0, 0.1) is 5.82 Å². The molecule has 0 unspecified atom stereocenters. The molecule has 8 heteroatoms. The number of hydrogen-bond donors (Lipinski definition) is 3. The third-order valence-corrected chi connectivity index (χ3v) is 4.29. The number of aliphatic hydroxyl groups is 1. The molecule has 0 aromatic heterocycles. The van der Waals surface area contributed by atoms with Crippen LogP contribution in [0.5, 0.6) is 5.75 Å². The van der Waals surface area contributed by atoms with Gasteiger partial charge in [0.25, 0.3) is 0 Å². The largest absolute Gasteiger partial charge is 0.505 e. The van der Waals surface area contributed by atoms with Crippen LogP contribution in [-0.2, 0) is 9.47 Å². The number of carbonyl (C=O) groups excluding carboxylic acids is 1. The predicted octanol–water partition coefficient (Wildman–Crippen LogP) is 4.37. The molecule has 0 aliphatic carbocycles. The Morgan fingerprint density at radius 2 is 1.96 bits per heavy atom. The SMILES string of the molecule is CCO[C@H](CCO)[C@H](OC(=O)Nc1ccc(Br)cc1)c1ccc(O)c(F)c1. The van der Waals surface area contributed by atoms with Gasteiger partial charge in [-0.3, -0.25) is 5.32 Å². The number of rotatable bonds is 8. The predicted molar refractivity (Wildman–Crippen MR) is 102 cm³/mol. The molecule has 2 aromatic carbocycles. The zero-order valence-corrected chi connectivity index (χ0v) is 16.3. The molecule has 0 aliphatic heterocycles. The van der Waals surface area contributed by atoms with E-state index in [1.165, 1.54) is 12.1 Å². The van der Waals surface area contributed by atoms with E-state index in [0.29, 0.717) is 17.9 Å². The first kappa shape index (κ1) is 21.1. The third kappa shape index (κ3) is 6.20. The second-order valence-corrected chi connectivity index (χ2v) is 6.59. The molecule has 0 radical (unpaired) electrons. The van der Waals surface area contributed by atoms with Gasteiger partial charge in [-0.2, -0.15) is 0 Å². The summed E-state index contributed by atoms with van der Waals surface area (Å²) in [6.45, 7) is 1.89. The van der Waals surface area contributed by atoms with Gasteiger partial charge in [-0.15, -0.1) is 0 Å². The van der Waals surface area contributed by atoms with Gasteiger partial charge in [0.05, 0.1) is 0 Å². The fraction of sp³-hybridized carbons (Fsp3) is 0.316. The van der Waals surface area contributed by atoms with Crippen LogP contribution in [0.4, 0.5) is 14.9 Å². The minimum Gasteiger partial charge on any atom is -0.505 e. The number of aliphatic hydroxyl groups excluding tert-OH is 1. The molecular formula is C19H21BrFNO5. The molecule has 0 spiro atoms. The summed E-state index contributed by atoms with van der Waals surface area (Å²) in [6.07, 6.45) is -2.22. The number of phenolic OH excluding ortho intramolecular Hbond substituents is 1. The van der Waals surface area contributed by atoms with Gasteiger partial charge in [0.2, 0.25) is 0 Å². The second-order valence-electron chi connectivity index (χ2n) is 5.67. The van der Waals surface area contributed by atoms with Gasteiger partial charge in [-0.1, -0.05) is 22.0 Å². The molecule has 2 atom stereocenters. The molecule has 0 saturated heterocycles. The van der Waals surface area contributed by atoms with Gasteiger partial charge < -0.3 is 19.7 Å². The maximum atomic E-state index is 13.8. The molecule has 1 amide bonds. The third-order valence-electron chi connectivity index (χ3n) is 3.76. The van der Waals surface area contributed by atoms with Crippen molar-refractivity contribution in [1.29, 1.82) is 0 Å². The van der Waals surface area contributed by atoms with E-state index >= 15 is 0 Å². The summed E-state index contributed by atoms with van der Waals surface area (Å²) >= 11 is 3.31. The van der Waals surface area contributed by atoms with Gasteiger partial charge in [0, 0.05) is 29.8 Å². The minimum absolute atomic E-state index is 0.187. The van der Waals surface area contributed by atoms with E-state index in [9.17, 15) is 19.4 Å². The lowest BCUT2D eigenvalue weighted by Gasteiger charge is -2.27. The maximum absolute atomic E-state index is 13.8.